The number of hydrogen-bond acceptors (Lipinski definition) is 3. The molecular formula is C11H11Cl2N3O4. The molecule has 0 heterocycles. The van der Waals surface area contributed by atoms with Gasteiger partial charge in [0.05, 0.1) is 0 Å². The van der Waals surface area contributed by atoms with Gasteiger partial charge in [-0.05, 0) is 18.2 Å². The van der Waals surface area contributed by atoms with E-state index in [0.29, 0.717) is 10.0 Å². The summed E-state index contributed by atoms with van der Waals surface area (Å²) in [4.78, 5) is 34.1. The monoisotopic (exact) mass is 319 g/mol. The zero-order chi connectivity index (χ0) is 15.3. The smallest absolute Gasteiger partial charge is 0.323 e. The standard InChI is InChI=1S/C11H11Cl2N3O4/c12-6-1-7(13)3-8(2-6)15-11(20)16(4-9(14)17)5-10(18)19/h1-3H,4-5H2,(H2,14,17)(H,15,20)(H,18,19). The molecule has 0 spiro atoms. The minimum Gasteiger partial charge on any atom is -0.480 e. The summed E-state index contributed by atoms with van der Waals surface area (Å²) in [6.45, 7) is -1.19. The van der Waals surface area contributed by atoms with Crippen LogP contribution in [0, 0.1) is 0 Å². The van der Waals surface area contributed by atoms with Gasteiger partial charge in [0, 0.05) is 15.7 Å². The highest BCUT2D eigenvalue weighted by Crippen LogP contribution is 2.22. The van der Waals surface area contributed by atoms with Crippen LogP contribution in [0.25, 0.3) is 0 Å². The number of hydrogen-bond donors (Lipinski definition) is 3. The summed E-state index contributed by atoms with van der Waals surface area (Å²) in [5.74, 6) is -2.10. The first-order valence-corrected chi connectivity index (χ1v) is 6.05. The van der Waals surface area contributed by atoms with Crippen LogP contribution in [0.4, 0.5) is 10.5 Å². The van der Waals surface area contributed by atoms with Gasteiger partial charge in [0.2, 0.25) is 5.91 Å². The molecule has 0 bridgehead atoms. The summed E-state index contributed by atoms with van der Waals surface area (Å²) in [5.41, 5.74) is 5.22. The Hall–Kier alpha value is -1.99. The molecule has 0 aliphatic carbocycles. The van der Waals surface area contributed by atoms with E-state index in [2.05, 4.69) is 5.32 Å². The molecule has 0 aliphatic rings. The number of anilines is 1. The number of carboxylic acids is 1. The van der Waals surface area contributed by atoms with Crippen LogP contribution in [0.5, 0.6) is 0 Å². The average molecular weight is 320 g/mol. The SMILES string of the molecule is NC(=O)CN(CC(=O)O)C(=O)Nc1cc(Cl)cc(Cl)c1. The van der Waals surface area contributed by atoms with Crippen molar-refractivity contribution in [3.63, 3.8) is 0 Å². The molecule has 3 amide bonds. The molecule has 0 aliphatic heterocycles. The van der Waals surface area contributed by atoms with E-state index in [1.807, 2.05) is 0 Å². The van der Waals surface area contributed by atoms with Crippen molar-refractivity contribution >= 4 is 46.8 Å². The highest BCUT2D eigenvalue weighted by molar-refractivity contribution is 6.35. The van der Waals surface area contributed by atoms with Crippen molar-refractivity contribution in [2.45, 2.75) is 0 Å². The molecule has 0 unspecified atom stereocenters. The van der Waals surface area contributed by atoms with Gasteiger partial charge in [-0.15, -0.1) is 0 Å². The van der Waals surface area contributed by atoms with Crippen molar-refractivity contribution < 1.29 is 19.5 Å². The fourth-order valence-corrected chi connectivity index (χ4v) is 1.91. The lowest BCUT2D eigenvalue weighted by atomic mass is 10.3. The maximum Gasteiger partial charge on any atom is 0.323 e. The van der Waals surface area contributed by atoms with E-state index < -0.39 is 31.0 Å². The van der Waals surface area contributed by atoms with Crippen molar-refractivity contribution in [1.82, 2.24) is 4.90 Å². The Bertz CT molecular complexity index is 514. The van der Waals surface area contributed by atoms with Crippen LogP contribution in [0.1, 0.15) is 0 Å². The zero-order valence-corrected chi connectivity index (χ0v) is 11.6. The summed E-state index contributed by atoms with van der Waals surface area (Å²) in [6.07, 6.45) is 0. The van der Waals surface area contributed by atoms with Gasteiger partial charge < -0.3 is 21.1 Å². The second-order valence-corrected chi connectivity index (χ2v) is 4.68. The van der Waals surface area contributed by atoms with Crippen molar-refractivity contribution in [2.24, 2.45) is 5.73 Å². The lowest BCUT2D eigenvalue weighted by molar-refractivity contribution is -0.137. The van der Waals surface area contributed by atoms with E-state index in [-0.39, 0.29) is 5.69 Å². The van der Waals surface area contributed by atoms with Crippen LogP contribution in [0.2, 0.25) is 10.0 Å². The van der Waals surface area contributed by atoms with Gasteiger partial charge in [0.15, 0.2) is 0 Å². The van der Waals surface area contributed by atoms with Gasteiger partial charge in [-0.25, -0.2) is 4.79 Å². The number of carboxylic acid groups (broad SMARTS) is 1. The lowest BCUT2D eigenvalue weighted by Gasteiger charge is -2.19. The zero-order valence-electron chi connectivity index (χ0n) is 10.1. The Morgan fingerprint density at radius 1 is 1.15 bits per heavy atom. The van der Waals surface area contributed by atoms with Crippen LogP contribution in [0.3, 0.4) is 0 Å². The van der Waals surface area contributed by atoms with E-state index in [1.165, 1.54) is 18.2 Å². The molecule has 108 valence electrons. The van der Waals surface area contributed by atoms with Gasteiger partial charge in [-0.1, -0.05) is 23.2 Å². The highest BCUT2D eigenvalue weighted by atomic mass is 35.5. The van der Waals surface area contributed by atoms with E-state index in [4.69, 9.17) is 34.0 Å². The van der Waals surface area contributed by atoms with Gasteiger partial charge in [-0.2, -0.15) is 0 Å². The maximum atomic E-state index is 11.9. The summed E-state index contributed by atoms with van der Waals surface area (Å²) >= 11 is 11.5. The number of nitrogens with zero attached hydrogens (tertiary/aromatic N) is 1. The lowest BCUT2D eigenvalue weighted by Crippen LogP contribution is -2.43. The molecule has 0 saturated heterocycles. The Balaban J connectivity index is 2.83. The highest BCUT2D eigenvalue weighted by Gasteiger charge is 2.19. The largest absolute Gasteiger partial charge is 0.480 e. The number of nitrogens with one attached hydrogen (secondary N) is 1. The molecule has 1 aromatic carbocycles. The van der Waals surface area contributed by atoms with E-state index in [9.17, 15) is 14.4 Å². The predicted octanol–water partition coefficient (Wildman–Crippen LogP) is 1.40. The Kier molecular flexibility index (Phi) is 5.60. The quantitative estimate of drug-likeness (QED) is 0.761. The van der Waals surface area contributed by atoms with Crippen molar-refractivity contribution in [1.29, 1.82) is 0 Å². The topological polar surface area (TPSA) is 113 Å². The Morgan fingerprint density at radius 3 is 2.15 bits per heavy atom. The average Bonchev–Trinajstić information content (AvgIpc) is 2.24. The molecule has 0 fully saturated rings. The van der Waals surface area contributed by atoms with Crippen LogP contribution < -0.4 is 11.1 Å². The molecule has 20 heavy (non-hydrogen) atoms. The number of urea groups is 1. The van der Waals surface area contributed by atoms with Gasteiger partial charge >= 0.3 is 12.0 Å². The number of nitrogens with two attached hydrogens (primary N) is 1. The number of amides is 3. The second kappa shape index (κ2) is 6.97. The molecule has 0 atom stereocenters. The Labute approximate surface area is 124 Å². The number of primary amides is 1. The fraction of sp³-hybridized carbons (Fsp3) is 0.182. The first-order valence-electron chi connectivity index (χ1n) is 5.30. The summed E-state index contributed by atoms with van der Waals surface area (Å²) < 4.78 is 0. The van der Waals surface area contributed by atoms with Crippen LogP contribution in [-0.4, -0.2) is 41.0 Å². The molecule has 0 radical (unpaired) electrons. The summed E-state index contributed by atoms with van der Waals surface area (Å²) in [7, 11) is 0. The van der Waals surface area contributed by atoms with Gasteiger partial charge in [-0.3, -0.25) is 9.59 Å². The molecular weight excluding hydrogens is 309 g/mol. The molecule has 0 saturated carbocycles. The number of halogens is 2. The summed E-state index contributed by atoms with van der Waals surface area (Å²) in [5, 5.41) is 11.7. The molecule has 9 heteroatoms. The third-order valence-corrected chi connectivity index (χ3v) is 2.51. The molecule has 1 aromatic rings. The van der Waals surface area contributed by atoms with Crippen LogP contribution in [0.15, 0.2) is 18.2 Å². The molecule has 1 rings (SSSR count). The number of benzene rings is 1. The van der Waals surface area contributed by atoms with E-state index >= 15 is 0 Å². The van der Waals surface area contributed by atoms with Crippen LogP contribution >= 0.6 is 23.2 Å². The minimum absolute atomic E-state index is 0.271. The number of carbonyl (C=O) groups is 3. The summed E-state index contributed by atoms with van der Waals surface area (Å²) in [6, 6.07) is 3.52. The van der Waals surface area contributed by atoms with Crippen molar-refractivity contribution in [2.75, 3.05) is 18.4 Å². The van der Waals surface area contributed by atoms with Crippen molar-refractivity contribution in [3.05, 3.63) is 28.2 Å². The molecule has 7 nitrogen and oxygen atoms in total. The van der Waals surface area contributed by atoms with Crippen LogP contribution in [-0.2, 0) is 9.59 Å². The first-order chi connectivity index (χ1) is 9.27. The molecule has 4 N–H and O–H groups in total. The normalized spacial score (nSPS) is 9.90. The van der Waals surface area contributed by atoms with Crippen molar-refractivity contribution in [3.8, 4) is 0 Å². The maximum absolute atomic E-state index is 11.9. The predicted molar refractivity (Wildman–Crippen MR) is 73.9 cm³/mol. The minimum atomic E-state index is -1.27. The van der Waals surface area contributed by atoms with Gasteiger partial charge in [0.25, 0.3) is 0 Å². The number of carbonyl (C=O) groups excluding carboxylic acids is 2. The van der Waals surface area contributed by atoms with E-state index in [0.717, 1.165) is 4.90 Å². The third kappa shape index (κ3) is 5.33. The first kappa shape index (κ1) is 16.1. The molecule has 0 aromatic heterocycles. The number of aliphatic carboxylic acids is 1. The number of rotatable bonds is 5. The van der Waals surface area contributed by atoms with E-state index in [1.54, 1.807) is 0 Å². The Morgan fingerprint density at radius 2 is 1.70 bits per heavy atom. The second-order valence-electron chi connectivity index (χ2n) is 3.80. The van der Waals surface area contributed by atoms with Gasteiger partial charge in [0.1, 0.15) is 13.1 Å². The third-order valence-electron chi connectivity index (χ3n) is 2.07. The fourth-order valence-electron chi connectivity index (χ4n) is 1.38.